The third-order valence-corrected chi connectivity index (χ3v) is 5.28. The number of aromatic nitrogens is 5. The Hall–Kier alpha value is -3.72. The highest BCUT2D eigenvalue weighted by Gasteiger charge is 2.17. The largest absolute Gasteiger partial charge is 0.439 e. The molecule has 9 heteroatoms. The van der Waals surface area contributed by atoms with Crippen molar-refractivity contribution in [3.8, 4) is 11.6 Å². The molecule has 0 unspecified atom stereocenters. The number of carbonyl (C=O) groups is 1. The van der Waals surface area contributed by atoms with E-state index in [1.165, 1.54) is 6.33 Å². The second-order valence-electron chi connectivity index (χ2n) is 7.26. The van der Waals surface area contributed by atoms with Gasteiger partial charge in [0.25, 0.3) is 0 Å². The van der Waals surface area contributed by atoms with E-state index >= 15 is 0 Å². The van der Waals surface area contributed by atoms with Crippen molar-refractivity contribution in [3.05, 3.63) is 59.8 Å². The standard InChI is InChI=1S/C21H21N7O2/c1-13-9-19(26-27(13)2)25-21(29)28-8-6-14-10-15(3-4-18(14)28)30-20-16-5-7-22-11-17(16)23-12-24-20/h3-4,6,8-10,12,22H,5,7,11H2,1-2H3,(H,25,26,29). The Morgan fingerprint density at radius 3 is 2.97 bits per heavy atom. The Labute approximate surface area is 172 Å². The van der Waals surface area contributed by atoms with Gasteiger partial charge in [-0.3, -0.25) is 14.6 Å². The van der Waals surface area contributed by atoms with E-state index < -0.39 is 0 Å². The van der Waals surface area contributed by atoms with Crippen LogP contribution < -0.4 is 15.4 Å². The summed E-state index contributed by atoms with van der Waals surface area (Å²) in [6.07, 6.45) is 4.09. The van der Waals surface area contributed by atoms with Crippen LogP contribution in [0, 0.1) is 6.92 Å². The van der Waals surface area contributed by atoms with Gasteiger partial charge in [-0.05, 0) is 44.2 Å². The summed E-state index contributed by atoms with van der Waals surface area (Å²) in [5.41, 5.74) is 3.76. The Balaban J connectivity index is 1.39. The average molecular weight is 403 g/mol. The molecule has 0 saturated carbocycles. The van der Waals surface area contributed by atoms with Crippen LogP contribution in [0.15, 0.2) is 42.9 Å². The summed E-state index contributed by atoms with van der Waals surface area (Å²) in [6, 6.07) is 9.04. The zero-order valence-electron chi connectivity index (χ0n) is 16.7. The molecule has 3 aromatic heterocycles. The van der Waals surface area contributed by atoms with Gasteiger partial charge in [0, 0.05) is 42.5 Å². The highest BCUT2D eigenvalue weighted by atomic mass is 16.5. The number of nitrogens with zero attached hydrogens (tertiary/aromatic N) is 5. The first-order chi connectivity index (χ1) is 14.6. The number of hydrogen-bond donors (Lipinski definition) is 2. The third kappa shape index (κ3) is 3.29. The van der Waals surface area contributed by atoms with Gasteiger partial charge in [-0.15, -0.1) is 0 Å². The van der Waals surface area contributed by atoms with Crippen LogP contribution in [0.25, 0.3) is 10.9 Å². The number of aryl methyl sites for hydroxylation is 2. The molecule has 0 radical (unpaired) electrons. The predicted octanol–water partition coefficient (Wildman–Crippen LogP) is 2.99. The summed E-state index contributed by atoms with van der Waals surface area (Å²) < 4.78 is 9.34. The average Bonchev–Trinajstić information content (AvgIpc) is 3.30. The summed E-state index contributed by atoms with van der Waals surface area (Å²) in [5.74, 6) is 1.77. The lowest BCUT2D eigenvalue weighted by Crippen LogP contribution is -2.25. The number of ether oxygens (including phenoxy) is 1. The van der Waals surface area contributed by atoms with E-state index in [2.05, 4.69) is 25.7 Å². The molecule has 2 N–H and O–H groups in total. The van der Waals surface area contributed by atoms with Crippen LogP contribution in [0.4, 0.5) is 10.6 Å². The Morgan fingerprint density at radius 1 is 1.23 bits per heavy atom. The Bertz CT molecular complexity index is 1240. The second-order valence-corrected chi connectivity index (χ2v) is 7.26. The first-order valence-electron chi connectivity index (χ1n) is 9.73. The third-order valence-electron chi connectivity index (χ3n) is 5.28. The Morgan fingerprint density at radius 2 is 2.13 bits per heavy atom. The van der Waals surface area contributed by atoms with Gasteiger partial charge >= 0.3 is 6.03 Å². The molecule has 0 fully saturated rings. The zero-order valence-corrected chi connectivity index (χ0v) is 16.7. The maximum Gasteiger partial charge on any atom is 0.331 e. The summed E-state index contributed by atoms with van der Waals surface area (Å²) in [5, 5.41) is 11.3. The summed E-state index contributed by atoms with van der Waals surface area (Å²) in [4.78, 5) is 21.3. The van der Waals surface area contributed by atoms with E-state index in [4.69, 9.17) is 4.74 Å². The van der Waals surface area contributed by atoms with Gasteiger partial charge in [0.2, 0.25) is 5.88 Å². The summed E-state index contributed by atoms with van der Waals surface area (Å²) in [6.45, 7) is 3.53. The fourth-order valence-electron chi connectivity index (χ4n) is 3.61. The van der Waals surface area contributed by atoms with Gasteiger partial charge in [0.1, 0.15) is 12.1 Å². The van der Waals surface area contributed by atoms with Crippen molar-refractivity contribution >= 4 is 22.8 Å². The molecular formula is C21H21N7O2. The molecule has 30 heavy (non-hydrogen) atoms. The number of hydrogen-bond acceptors (Lipinski definition) is 6. The number of fused-ring (bicyclic) bond motifs is 2. The highest BCUT2D eigenvalue weighted by molar-refractivity contribution is 5.98. The van der Waals surface area contributed by atoms with Crippen molar-refractivity contribution in [1.29, 1.82) is 0 Å². The van der Waals surface area contributed by atoms with E-state index in [-0.39, 0.29) is 6.03 Å². The van der Waals surface area contributed by atoms with E-state index in [0.717, 1.165) is 47.4 Å². The molecule has 0 spiro atoms. The molecule has 1 aliphatic rings. The highest BCUT2D eigenvalue weighted by Crippen LogP contribution is 2.29. The van der Waals surface area contributed by atoms with Crippen LogP contribution in [0.2, 0.25) is 0 Å². The fraction of sp³-hybridized carbons (Fsp3) is 0.238. The minimum atomic E-state index is -0.269. The second kappa shape index (κ2) is 7.27. The minimum absolute atomic E-state index is 0.269. The van der Waals surface area contributed by atoms with Crippen LogP contribution in [0.5, 0.6) is 11.6 Å². The molecule has 0 aliphatic carbocycles. The van der Waals surface area contributed by atoms with Crippen LogP contribution in [0.3, 0.4) is 0 Å². The number of anilines is 1. The van der Waals surface area contributed by atoms with Crippen LogP contribution in [-0.2, 0) is 20.0 Å². The van der Waals surface area contributed by atoms with Gasteiger partial charge in [-0.25, -0.2) is 14.8 Å². The van der Waals surface area contributed by atoms with Crippen molar-refractivity contribution in [2.75, 3.05) is 11.9 Å². The first-order valence-corrected chi connectivity index (χ1v) is 9.73. The first kappa shape index (κ1) is 18.3. The zero-order chi connectivity index (χ0) is 20.7. The van der Waals surface area contributed by atoms with Crippen LogP contribution in [0.1, 0.15) is 17.0 Å². The molecule has 152 valence electrons. The lowest BCUT2D eigenvalue weighted by Gasteiger charge is -2.18. The van der Waals surface area contributed by atoms with E-state index in [1.54, 1.807) is 15.4 Å². The predicted molar refractivity (Wildman–Crippen MR) is 112 cm³/mol. The van der Waals surface area contributed by atoms with Crippen molar-refractivity contribution in [3.63, 3.8) is 0 Å². The lowest BCUT2D eigenvalue weighted by molar-refractivity contribution is 0.254. The number of carbonyl (C=O) groups excluding carboxylic acids is 1. The topological polar surface area (TPSA) is 98.9 Å². The number of benzene rings is 1. The van der Waals surface area contributed by atoms with Gasteiger partial charge in [0.05, 0.1) is 11.2 Å². The minimum Gasteiger partial charge on any atom is -0.439 e. The van der Waals surface area contributed by atoms with E-state index in [0.29, 0.717) is 17.4 Å². The van der Waals surface area contributed by atoms with Crippen molar-refractivity contribution in [2.45, 2.75) is 19.9 Å². The quantitative estimate of drug-likeness (QED) is 0.546. The van der Waals surface area contributed by atoms with Crippen LogP contribution >= 0.6 is 0 Å². The Kier molecular flexibility index (Phi) is 4.44. The monoisotopic (exact) mass is 403 g/mol. The molecule has 5 rings (SSSR count). The molecule has 1 aromatic carbocycles. The molecule has 4 heterocycles. The lowest BCUT2D eigenvalue weighted by atomic mass is 10.1. The fourth-order valence-corrected chi connectivity index (χ4v) is 3.61. The van der Waals surface area contributed by atoms with Gasteiger partial charge in [-0.1, -0.05) is 0 Å². The SMILES string of the molecule is Cc1cc(NC(=O)n2ccc3cc(Oc4ncnc5c4CCNC5)ccc32)nn1C. The normalized spacial score (nSPS) is 13.3. The molecule has 0 atom stereocenters. The maximum absolute atomic E-state index is 12.7. The molecule has 0 bridgehead atoms. The van der Waals surface area contributed by atoms with Crippen molar-refractivity contribution in [1.82, 2.24) is 29.6 Å². The number of rotatable bonds is 3. The van der Waals surface area contributed by atoms with E-state index in [9.17, 15) is 4.79 Å². The molecule has 1 amide bonds. The molecular weight excluding hydrogens is 382 g/mol. The number of amides is 1. The molecule has 1 aliphatic heterocycles. The molecule has 4 aromatic rings. The summed E-state index contributed by atoms with van der Waals surface area (Å²) in [7, 11) is 1.84. The smallest absolute Gasteiger partial charge is 0.331 e. The van der Waals surface area contributed by atoms with Gasteiger partial charge in [0.15, 0.2) is 5.82 Å². The van der Waals surface area contributed by atoms with Crippen molar-refractivity contribution < 1.29 is 9.53 Å². The van der Waals surface area contributed by atoms with Gasteiger partial charge in [-0.2, -0.15) is 5.10 Å². The van der Waals surface area contributed by atoms with Gasteiger partial charge < -0.3 is 10.1 Å². The van der Waals surface area contributed by atoms with Crippen molar-refractivity contribution in [2.24, 2.45) is 7.05 Å². The maximum atomic E-state index is 12.7. The number of nitrogens with one attached hydrogen (secondary N) is 2. The van der Waals surface area contributed by atoms with Crippen LogP contribution in [-0.4, -0.2) is 36.9 Å². The molecule has 9 nitrogen and oxygen atoms in total. The van der Waals surface area contributed by atoms with E-state index in [1.807, 2.05) is 44.3 Å². The summed E-state index contributed by atoms with van der Waals surface area (Å²) >= 11 is 0. The molecule has 0 saturated heterocycles.